The van der Waals surface area contributed by atoms with Crippen molar-refractivity contribution in [2.24, 2.45) is 0 Å². The van der Waals surface area contributed by atoms with E-state index in [9.17, 15) is 13.2 Å². The molecule has 1 N–H and O–H groups in total. The minimum Gasteiger partial charge on any atom is -0.476 e. The molecule has 10 heteroatoms. The summed E-state index contributed by atoms with van der Waals surface area (Å²) in [5.41, 5.74) is 3.28. The van der Waals surface area contributed by atoms with Crippen molar-refractivity contribution in [1.29, 1.82) is 0 Å². The highest BCUT2D eigenvalue weighted by Crippen LogP contribution is 2.39. The van der Waals surface area contributed by atoms with E-state index in [1.54, 1.807) is 6.07 Å². The van der Waals surface area contributed by atoms with Gasteiger partial charge in [-0.05, 0) is 30.0 Å². The molecule has 0 spiro atoms. The van der Waals surface area contributed by atoms with Crippen LogP contribution in [0, 0.1) is 6.92 Å². The van der Waals surface area contributed by atoms with Crippen LogP contribution in [0.5, 0.6) is 5.75 Å². The van der Waals surface area contributed by atoms with Crippen LogP contribution in [0.2, 0.25) is 0 Å². The number of carbonyl (C=O) groups is 1. The number of carbonyl (C=O) groups excluding carboxylic acids is 1. The van der Waals surface area contributed by atoms with E-state index in [4.69, 9.17) is 4.74 Å². The number of hydrogen-bond donors (Lipinski definition) is 1. The molecule has 0 bridgehead atoms. The molecule has 4 rings (SSSR count). The molecule has 1 aliphatic heterocycles. The molecule has 0 radical (unpaired) electrons. The van der Waals surface area contributed by atoms with Crippen LogP contribution in [0.3, 0.4) is 0 Å². The lowest BCUT2D eigenvalue weighted by Gasteiger charge is -2.35. The van der Waals surface area contributed by atoms with Crippen molar-refractivity contribution in [3.05, 3.63) is 53.6 Å². The highest BCUT2D eigenvalue weighted by molar-refractivity contribution is 7.92. The largest absolute Gasteiger partial charge is 0.476 e. The second-order valence-electron chi connectivity index (χ2n) is 9.10. The number of sulfonamides is 1. The lowest BCUT2D eigenvalue weighted by molar-refractivity contribution is -0.122. The number of fused-ring (bicyclic) bond motifs is 1. The number of nitrogens with zero attached hydrogens (tertiary/aromatic N) is 3. The molecular formula is C23H26N4O4S2. The molecular weight excluding hydrogens is 460 g/mol. The lowest BCUT2D eigenvalue weighted by Crippen LogP contribution is -2.48. The smallest absolute Gasteiger partial charge is 0.269 e. The summed E-state index contributed by atoms with van der Waals surface area (Å²) in [5.74, 6) is -0.141. The van der Waals surface area contributed by atoms with Crippen LogP contribution < -0.4 is 14.4 Å². The number of aromatic nitrogens is 2. The standard InChI is InChI=1S/C23H26N4O4S2/c1-14-6-8-15(9-7-14)21-25-26-22(32-21)24-20(28)19-13-27(33(5,29)30)17-12-16(23(2,3)4)10-11-18(17)31-19/h6-12,19H,13H2,1-5H3,(H,24,26,28)/t19-/m1/s1. The van der Waals surface area contributed by atoms with Gasteiger partial charge in [0.05, 0.1) is 18.5 Å². The van der Waals surface area contributed by atoms with E-state index in [0.29, 0.717) is 21.6 Å². The van der Waals surface area contributed by atoms with E-state index >= 15 is 0 Å². The molecule has 0 saturated heterocycles. The Hall–Kier alpha value is -2.98. The minimum atomic E-state index is -3.63. The van der Waals surface area contributed by atoms with Crippen LogP contribution in [0.25, 0.3) is 10.6 Å². The van der Waals surface area contributed by atoms with Crippen molar-refractivity contribution in [2.45, 2.75) is 39.2 Å². The van der Waals surface area contributed by atoms with Crippen LogP contribution in [-0.4, -0.2) is 43.4 Å². The Morgan fingerprint density at radius 2 is 1.85 bits per heavy atom. The molecule has 2 aromatic carbocycles. The van der Waals surface area contributed by atoms with Crippen LogP contribution in [-0.2, 0) is 20.2 Å². The molecule has 2 heterocycles. The summed E-state index contributed by atoms with van der Waals surface area (Å²) < 4.78 is 32.2. The van der Waals surface area contributed by atoms with Gasteiger partial charge in [-0.2, -0.15) is 0 Å². The van der Waals surface area contributed by atoms with Crippen molar-refractivity contribution in [2.75, 3.05) is 22.4 Å². The minimum absolute atomic E-state index is 0.130. The average Bonchev–Trinajstić information content (AvgIpc) is 3.20. The van der Waals surface area contributed by atoms with E-state index in [0.717, 1.165) is 22.9 Å². The fourth-order valence-electron chi connectivity index (χ4n) is 3.44. The van der Waals surface area contributed by atoms with Crippen LogP contribution in [0.15, 0.2) is 42.5 Å². The molecule has 0 saturated carbocycles. The molecule has 1 aromatic heterocycles. The third-order valence-electron chi connectivity index (χ3n) is 5.34. The monoisotopic (exact) mass is 486 g/mol. The topological polar surface area (TPSA) is 101 Å². The van der Waals surface area contributed by atoms with Crippen molar-refractivity contribution in [3.63, 3.8) is 0 Å². The predicted molar refractivity (Wildman–Crippen MR) is 130 cm³/mol. The van der Waals surface area contributed by atoms with Crippen molar-refractivity contribution >= 4 is 38.1 Å². The predicted octanol–water partition coefficient (Wildman–Crippen LogP) is 3.98. The summed E-state index contributed by atoms with van der Waals surface area (Å²) in [5, 5.41) is 11.9. The zero-order chi connectivity index (χ0) is 24.0. The molecule has 33 heavy (non-hydrogen) atoms. The van der Waals surface area contributed by atoms with Crippen LogP contribution in [0.1, 0.15) is 31.9 Å². The van der Waals surface area contributed by atoms with Gasteiger partial charge in [-0.15, -0.1) is 10.2 Å². The van der Waals surface area contributed by atoms with E-state index in [1.807, 2.05) is 64.1 Å². The van der Waals surface area contributed by atoms with Gasteiger partial charge in [0.15, 0.2) is 6.10 Å². The quantitative estimate of drug-likeness (QED) is 0.599. The number of hydrogen-bond acceptors (Lipinski definition) is 7. The fourth-order valence-corrected chi connectivity index (χ4v) is 5.10. The van der Waals surface area contributed by atoms with Gasteiger partial charge < -0.3 is 4.74 Å². The average molecular weight is 487 g/mol. The molecule has 174 valence electrons. The summed E-state index contributed by atoms with van der Waals surface area (Å²) in [7, 11) is -3.63. The van der Waals surface area contributed by atoms with E-state index in [1.165, 1.54) is 15.6 Å². The molecule has 3 aromatic rings. The van der Waals surface area contributed by atoms with Gasteiger partial charge in [0.25, 0.3) is 5.91 Å². The Morgan fingerprint density at radius 3 is 2.48 bits per heavy atom. The van der Waals surface area contributed by atoms with Gasteiger partial charge >= 0.3 is 0 Å². The first-order valence-electron chi connectivity index (χ1n) is 10.4. The molecule has 1 aliphatic rings. The van der Waals surface area contributed by atoms with Crippen LogP contribution >= 0.6 is 11.3 Å². The van der Waals surface area contributed by atoms with Gasteiger partial charge in [-0.3, -0.25) is 14.4 Å². The highest BCUT2D eigenvalue weighted by atomic mass is 32.2. The van der Waals surface area contributed by atoms with E-state index < -0.39 is 22.0 Å². The van der Waals surface area contributed by atoms with Crippen molar-refractivity contribution < 1.29 is 17.9 Å². The molecule has 0 unspecified atom stereocenters. The second kappa shape index (κ2) is 8.42. The maximum Gasteiger partial charge on any atom is 0.269 e. The molecule has 1 atom stereocenters. The summed E-state index contributed by atoms with van der Waals surface area (Å²) in [4.78, 5) is 12.9. The highest BCUT2D eigenvalue weighted by Gasteiger charge is 2.36. The fraction of sp³-hybridized carbons (Fsp3) is 0.348. The van der Waals surface area contributed by atoms with Gasteiger partial charge in [0.1, 0.15) is 10.8 Å². The SMILES string of the molecule is Cc1ccc(-c2nnc(NC(=O)[C@H]3CN(S(C)(=O)=O)c4cc(C(C)(C)C)ccc4O3)s2)cc1. The van der Waals surface area contributed by atoms with Gasteiger partial charge in [0, 0.05) is 5.56 Å². The summed E-state index contributed by atoms with van der Waals surface area (Å²) in [6.07, 6.45) is 0.0961. The van der Waals surface area contributed by atoms with Gasteiger partial charge in [-0.25, -0.2) is 8.42 Å². The first-order valence-corrected chi connectivity index (χ1v) is 13.1. The number of amides is 1. The Balaban J connectivity index is 1.56. The van der Waals surface area contributed by atoms with E-state index in [2.05, 4.69) is 15.5 Å². The third kappa shape index (κ3) is 5.01. The van der Waals surface area contributed by atoms with Crippen molar-refractivity contribution in [3.8, 4) is 16.3 Å². The lowest BCUT2D eigenvalue weighted by atomic mass is 9.86. The Kier molecular flexibility index (Phi) is 5.92. The first-order chi connectivity index (χ1) is 15.4. The zero-order valence-corrected chi connectivity index (χ0v) is 20.8. The summed E-state index contributed by atoms with van der Waals surface area (Å²) in [6, 6.07) is 13.3. The number of anilines is 2. The molecule has 1 amide bonds. The normalized spacial score (nSPS) is 16.2. The van der Waals surface area contributed by atoms with E-state index in [-0.39, 0.29) is 12.0 Å². The zero-order valence-electron chi connectivity index (χ0n) is 19.1. The maximum absolute atomic E-state index is 12.9. The summed E-state index contributed by atoms with van der Waals surface area (Å²) >= 11 is 1.24. The van der Waals surface area contributed by atoms with Crippen molar-refractivity contribution in [1.82, 2.24) is 10.2 Å². The number of benzene rings is 2. The number of rotatable bonds is 4. The maximum atomic E-state index is 12.9. The molecule has 0 fully saturated rings. The number of nitrogens with one attached hydrogen (secondary N) is 1. The Bertz CT molecular complexity index is 1290. The van der Waals surface area contributed by atoms with Gasteiger partial charge in [0.2, 0.25) is 15.2 Å². The third-order valence-corrected chi connectivity index (χ3v) is 7.38. The Morgan fingerprint density at radius 1 is 1.15 bits per heavy atom. The van der Waals surface area contributed by atoms with Crippen LogP contribution in [0.4, 0.5) is 10.8 Å². The molecule has 8 nitrogen and oxygen atoms in total. The molecule has 0 aliphatic carbocycles. The first kappa shape index (κ1) is 23.2. The number of aryl methyl sites for hydroxylation is 1. The van der Waals surface area contributed by atoms with Gasteiger partial charge in [-0.1, -0.05) is 68.0 Å². The summed E-state index contributed by atoms with van der Waals surface area (Å²) in [6.45, 7) is 8.02. The number of ether oxygens (including phenoxy) is 1. The Labute approximate surface area is 197 Å². The second-order valence-corrected chi connectivity index (χ2v) is 12.0.